The molecule has 122 valence electrons. The normalized spacial score (nSPS) is 13.0. The Balaban J connectivity index is 1.73. The van der Waals surface area contributed by atoms with Crippen LogP contribution < -0.4 is 0 Å². The van der Waals surface area contributed by atoms with E-state index in [0.717, 1.165) is 33.6 Å². The van der Waals surface area contributed by atoms with Gasteiger partial charge in [0, 0.05) is 42.3 Å². The summed E-state index contributed by atoms with van der Waals surface area (Å²) in [6.45, 7) is 5.74. The van der Waals surface area contributed by atoms with Gasteiger partial charge in [0.15, 0.2) is 11.3 Å². The fraction of sp³-hybridized carbons (Fsp3) is 0.294. The maximum absolute atomic E-state index is 9.74. The van der Waals surface area contributed by atoms with Gasteiger partial charge in [-0.3, -0.25) is 0 Å². The Labute approximate surface area is 138 Å². The molecule has 1 unspecified atom stereocenters. The smallest absolute Gasteiger partial charge is 0.160 e. The van der Waals surface area contributed by atoms with E-state index in [2.05, 4.69) is 20.2 Å². The lowest BCUT2D eigenvalue weighted by Gasteiger charge is -2.03. The van der Waals surface area contributed by atoms with Crippen LogP contribution in [-0.2, 0) is 6.42 Å². The molecule has 0 amide bonds. The standard InChI is InChI=1S/C17H18N6O/c1-10-5-18-16-11(2)15(21-23(16)8-10)4-13-6-19-17-14(12(3)24)7-20-22(17)9-13/h5-9,12,24H,4H2,1-3H3. The molecular weight excluding hydrogens is 304 g/mol. The van der Waals surface area contributed by atoms with Crippen LogP contribution in [0, 0.1) is 13.8 Å². The van der Waals surface area contributed by atoms with Gasteiger partial charge in [-0.1, -0.05) is 0 Å². The quantitative estimate of drug-likeness (QED) is 0.624. The maximum atomic E-state index is 9.74. The van der Waals surface area contributed by atoms with Crippen LogP contribution in [0.1, 0.15) is 41.0 Å². The molecule has 0 spiro atoms. The summed E-state index contributed by atoms with van der Waals surface area (Å²) in [6, 6.07) is 0. The molecule has 0 saturated carbocycles. The van der Waals surface area contributed by atoms with E-state index in [9.17, 15) is 5.11 Å². The summed E-state index contributed by atoms with van der Waals surface area (Å²) in [5.41, 5.74) is 6.40. The van der Waals surface area contributed by atoms with Crippen LogP contribution in [0.4, 0.5) is 0 Å². The topological polar surface area (TPSA) is 80.6 Å². The third-order valence-electron chi connectivity index (χ3n) is 4.19. The van der Waals surface area contributed by atoms with Crippen molar-refractivity contribution < 1.29 is 5.11 Å². The zero-order valence-electron chi connectivity index (χ0n) is 13.8. The van der Waals surface area contributed by atoms with Crippen LogP contribution in [0.25, 0.3) is 11.3 Å². The van der Waals surface area contributed by atoms with Crippen molar-refractivity contribution in [2.45, 2.75) is 33.3 Å². The SMILES string of the molecule is Cc1cnc2c(C)c(Cc3cnc4c(C(C)O)cnn4c3)nn2c1. The van der Waals surface area contributed by atoms with E-state index in [1.165, 1.54) is 0 Å². The summed E-state index contributed by atoms with van der Waals surface area (Å²) < 4.78 is 3.52. The van der Waals surface area contributed by atoms with E-state index < -0.39 is 6.10 Å². The van der Waals surface area contributed by atoms with Gasteiger partial charge in [-0.25, -0.2) is 19.0 Å². The van der Waals surface area contributed by atoms with Crippen molar-refractivity contribution in [2.24, 2.45) is 0 Å². The predicted octanol–water partition coefficient (Wildman–Crippen LogP) is 2.03. The Morgan fingerprint density at radius 1 is 1.04 bits per heavy atom. The molecule has 0 aliphatic heterocycles. The van der Waals surface area contributed by atoms with Crippen LogP contribution in [0.2, 0.25) is 0 Å². The second-order valence-electron chi connectivity index (χ2n) is 6.15. The Kier molecular flexibility index (Phi) is 3.31. The van der Waals surface area contributed by atoms with E-state index in [1.807, 2.05) is 43.2 Å². The highest BCUT2D eigenvalue weighted by Crippen LogP contribution is 2.19. The number of nitrogens with zero attached hydrogens (tertiary/aromatic N) is 6. The lowest BCUT2D eigenvalue weighted by atomic mass is 10.1. The van der Waals surface area contributed by atoms with Gasteiger partial charge in [0.1, 0.15) is 0 Å². The summed E-state index contributed by atoms with van der Waals surface area (Å²) in [7, 11) is 0. The van der Waals surface area contributed by atoms with Crippen molar-refractivity contribution in [2.75, 3.05) is 0 Å². The highest BCUT2D eigenvalue weighted by molar-refractivity contribution is 5.51. The summed E-state index contributed by atoms with van der Waals surface area (Å²) >= 11 is 0. The molecular formula is C17H18N6O. The van der Waals surface area contributed by atoms with Gasteiger partial charge in [-0.15, -0.1) is 0 Å². The second-order valence-corrected chi connectivity index (χ2v) is 6.15. The Bertz CT molecular complexity index is 1050. The van der Waals surface area contributed by atoms with Gasteiger partial charge < -0.3 is 5.11 Å². The van der Waals surface area contributed by atoms with Crippen molar-refractivity contribution in [3.63, 3.8) is 0 Å². The molecule has 0 fully saturated rings. The van der Waals surface area contributed by atoms with E-state index in [-0.39, 0.29) is 0 Å². The zero-order chi connectivity index (χ0) is 16.8. The van der Waals surface area contributed by atoms with Crippen LogP contribution in [0.15, 0.2) is 31.0 Å². The van der Waals surface area contributed by atoms with Crippen molar-refractivity contribution in [3.8, 4) is 0 Å². The number of aliphatic hydroxyl groups excluding tert-OH is 1. The average Bonchev–Trinajstić information content (AvgIpc) is 3.09. The second kappa shape index (κ2) is 5.38. The largest absolute Gasteiger partial charge is 0.389 e. The summed E-state index contributed by atoms with van der Waals surface area (Å²) in [5.74, 6) is 0. The number of aromatic nitrogens is 6. The molecule has 4 rings (SSSR count). The molecule has 24 heavy (non-hydrogen) atoms. The van der Waals surface area contributed by atoms with Crippen LogP contribution in [0.5, 0.6) is 0 Å². The lowest BCUT2D eigenvalue weighted by Crippen LogP contribution is -1.99. The number of hydrogen-bond donors (Lipinski definition) is 1. The molecule has 0 bridgehead atoms. The molecule has 4 heterocycles. The molecule has 0 aromatic carbocycles. The van der Waals surface area contributed by atoms with Crippen molar-refractivity contribution in [1.82, 2.24) is 29.2 Å². The summed E-state index contributed by atoms with van der Waals surface area (Å²) in [6.07, 6.45) is 9.28. The molecule has 7 heteroatoms. The number of hydrogen-bond acceptors (Lipinski definition) is 5. The van der Waals surface area contributed by atoms with Gasteiger partial charge in [-0.2, -0.15) is 10.2 Å². The van der Waals surface area contributed by atoms with Crippen molar-refractivity contribution >= 4 is 11.3 Å². The fourth-order valence-corrected chi connectivity index (χ4v) is 2.87. The molecule has 1 atom stereocenters. The minimum atomic E-state index is -0.587. The lowest BCUT2D eigenvalue weighted by molar-refractivity contribution is 0.200. The first-order chi connectivity index (χ1) is 11.5. The predicted molar refractivity (Wildman–Crippen MR) is 88.9 cm³/mol. The number of fused-ring (bicyclic) bond motifs is 2. The highest BCUT2D eigenvalue weighted by atomic mass is 16.3. The number of aliphatic hydroxyl groups is 1. The number of aryl methyl sites for hydroxylation is 2. The minimum absolute atomic E-state index is 0.587. The zero-order valence-corrected chi connectivity index (χ0v) is 13.8. The molecule has 0 saturated heterocycles. The molecule has 0 aliphatic carbocycles. The monoisotopic (exact) mass is 322 g/mol. The Morgan fingerprint density at radius 2 is 1.83 bits per heavy atom. The molecule has 4 aromatic heterocycles. The van der Waals surface area contributed by atoms with E-state index >= 15 is 0 Å². The average molecular weight is 322 g/mol. The summed E-state index contributed by atoms with van der Waals surface area (Å²) in [4.78, 5) is 8.90. The van der Waals surface area contributed by atoms with Crippen molar-refractivity contribution in [1.29, 1.82) is 0 Å². The molecule has 7 nitrogen and oxygen atoms in total. The minimum Gasteiger partial charge on any atom is -0.389 e. The molecule has 4 aromatic rings. The fourth-order valence-electron chi connectivity index (χ4n) is 2.87. The van der Waals surface area contributed by atoms with Crippen LogP contribution in [0.3, 0.4) is 0 Å². The highest BCUT2D eigenvalue weighted by Gasteiger charge is 2.13. The van der Waals surface area contributed by atoms with E-state index in [0.29, 0.717) is 12.1 Å². The Hall–Kier alpha value is -2.80. The molecule has 1 N–H and O–H groups in total. The molecule has 0 radical (unpaired) electrons. The molecule has 0 aliphatic rings. The van der Waals surface area contributed by atoms with Gasteiger partial charge in [0.25, 0.3) is 0 Å². The first-order valence-corrected chi connectivity index (χ1v) is 7.83. The first-order valence-electron chi connectivity index (χ1n) is 7.83. The van der Waals surface area contributed by atoms with E-state index in [4.69, 9.17) is 0 Å². The Morgan fingerprint density at radius 3 is 2.62 bits per heavy atom. The summed E-state index contributed by atoms with van der Waals surface area (Å²) in [5, 5.41) is 18.7. The van der Waals surface area contributed by atoms with Crippen LogP contribution in [-0.4, -0.2) is 34.3 Å². The van der Waals surface area contributed by atoms with Gasteiger partial charge in [0.05, 0.1) is 18.0 Å². The maximum Gasteiger partial charge on any atom is 0.160 e. The van der Waals surface area contributed by atoms with Crippen LogP contribution >= 0.6 is 0 Å². The first kappa shape index (κ1) is 14.8. The van der Waals surface area contributed by atoms with Gasteiger partial charge in [-0.05, 0) is 31.9 Å². The van der Waals surface area contributed by atoms with Gasteiger partial charge in [0.2, 0.25) is 0 Å². The van der Waals surface area contributed by atoms with Gasteiger partial charge >= 0.3 is 0 Å². The van der Waals surface area contributed by atoms with E-state index in [1.54, 1.807) is 17.6 Å². The van der Waals surface area contributed by atoms with Crippen molar-refractivity contribution in [3.05, 3.63) is 58.9 Å². The number of rotatable bonds is 3. The third-order valence-corrected chi connectivity index (χ3v) is 4.19. The third kappa shape index (κ3) is 2.33.